The third kappa shape index (κ3) is 4.00. The fourth-order valence-electron chi connectivity index (χ4n) is 2.92. The molecule has 1 atom stereocenters. The summed E-state index contributed by atoms with van der Waals surface area (Å²) in [5.41, 5.74) is -0.616. The summed E-state index contributed by atoms with van der Waals surface area (Å²) in [6.45, 7) is 3.67. The predicted molar refractivity (Wildman–Crippen MR) is 77.0 cm³/mol. The van der Waals surface area contributed by atoms with Crippen LogP contribution in [0.3, 0.4) is 0 Å². The molecule has 1 aromatic heterocycles. The maximum absolute atomic E-state index is 12.1. The van der Waals surface area contributed by atoms with Gasteiger partial charge in [-0.2, -0.15) is 0 Å². The van der Waals surface area contributed by atoms with Crippen molar-refractivity contribution >= 4 is 12.0 Å². The number of amides is 2. The summed E-state index contributed by atoms with van der Waals surface area (Å²) in [6.07, 6.45) is 3.28. The molecule has 116 valence electrons. The van der Waals surface area contributed by atoms with Crippen molar-refractivity contribution in [3.63, 3.8) is 0 Å². The van der Waals surface area contributed by atoms with Crippen LogP contribution in [0.1, 0.15) is 56.6 Å². The Morgan fingerprint density at radius 3 is 2.57 bits per heavy atom. The summed E-state index contributed by atoms with van der Waals surface area (Å²) >= 11 is 0. The van der Waals surface area contributed by atoms with Gasteiger partial charge in [-0.1, -0.05) is 12.8 Å². The number of aliphatic carboxylic acids is 1. The van der Waals surface area contributed by atoms with Crippen molar-refractivity contribution in [2.75, 3.05) is 0 Å². The van der Waals surface area contributed by atoms with Gasteiger partial charge in [0.1, 0.15) is 11.5 Å². The Hall–Kier alpha value is -1.98. The molecule has 2 amide bonds. The molecule has 1 saturated carbocycles. The van der Waals surface area contributed by atoms with Crippen LogP contribution in [0.4, 0.5) is 4.79 Å². The third-order valence-corrected chi connectivity index (χ3v) is 3.96. The van der Waals surface area contributed by atoms with Crippen LogP contribution in [-0.2, 0) is 4.79 Å². The Labute approximate surface area is 123 Å². The van der Waals surface area contributed by atoms with Crippen molar-refractivity contribution in [1.82, 2.24) is 10.6 Å². The van der Waals surface area contributed by atoms with Crippen molar-refractivity contribution in [3.05, 3.63) is 23.7 Å². The van der Waals surface area contributed by atoms with Crippen LogP contribution in [0.25, 0.3) is 0 Å². The van der Waals surface area contributed by atoms with Gasteiger partial charge in [-0.25, -0.2) is 4.79 Å². The van der Waals surface area contributed by atoms with Gasteiger partial charge in [0.05, 0.1) is 18.0 Å². The predicted octanol–water partition coefficient (Wildman–Crippen LogP) is 2.74. The highest BCUT2D eigenvalue weighted by atomic mass is 16.4. The molecule has 2 rings (SSSR count). The number of carbonyl (C=O) groups excluding carboxylic acids is 1. The highest BCUT2D eigenvalue weighted by Gasteiger charge is 2.37. The van der Waals surface area contributed by atoms with E-state index in [-0.39, 0.29) is 18.5 Å². The first-order valence-electron chi connectivity index (χ1n) is 7.27. The lowest BCUT2D eigenvalue weighted by molar-refractivity contribution is -0.138. The quantitative estimate of drug-likeness (QED) is 0.778. The molecule has 1 heterocycles. The summed E-state index contributed by atoms with van der Waals surface area (Å²) in [5.74, 6) is 0.588. The average Bonchev–Trinajstić information content (AvgIpc) is 2.97. The number of nitrogens with one attached hydrogen (secondary N) is 2. The fourth-order valence-corrected chi connectivity index (χ4v) is 2.92. The number of carboxylic acids is 1. The second-order valence-corrected chi connectivity index (χ2v) is 5.83. The maximum Gasteiger partial charge on any atom is 0.315 e. The molecular weight excluding hydrogens is 272 g/mol. The Morgan fingerprint density at radius 2 is 2.05 bits per heavy atom. The first kappa shape index (κ1) is 15.4. The fraction of sp³-hybridized carbons (Fsp3) is 0.600. The van der Waals surface area contributed by atoms with E-state index >= 15 is 0 Å². The molecule has 6 nitrogen and oxygen atoms in total. The molecule has 1 aliphatic rings. The monoisotopic (exact) mass is 294 g/mol. The summed E-state index contributed by atoms with van der Waals surface area (Å²) in [5, 5.41) is 14.7. The Morgan fingerprint density at radius 1 is 1.38 bits per heavy atom. The van der Waals surface area contributed by atoms with Crippen molar-refractivity contribution in [2.45, 2.75) is 57.5 Å². The summed E-state index contributed by atoms with van der Waals surface area (Å²) in [7, 11) is 0. The molecule has 0 saturated heterocycles. The lowest BCUT2D eigenvalue weighted by Gasteiger charge is -2.29. The minimum atomic E-state index is -0.882. The SMILES string of the molecule is Cc1ccc(C(C)NC(=O)NC2(CC(=O)O)CCCC2)o1. The van der Waals surface area contributed by atoms with Crippen molar-refractivity contribution in [1.29, 1.82) is 0 Å². The van der Waals surface area contributed by atoms with Crippen LogP contribution in [0.2, 0.25) is 0 Å². The number of hydrogen-bond acceptors (Lipinski definition) is 3. The van der Waals surface area contributed by atoms with E-state index in [1.807, 2.05) is 26.0 Å². The van der Waals surface area contributed by atoms with Crippen LogP contribution < -0.4 is 10.6 Å². The molecule has 1 aliphatic carbocycles. The number of carbonyl (C=O) groups is 2. The molecule has 0 radical (unpaired) electrons. The largest absolute Gasteiger partial charge is 0.481 e. The average molecular weight is 294 g/mol. The summed E-state index contributed by atoms with van der Waals surface area (Å²) in [6, 6.07) is 3.05. The lowest BCUT2D eigenvalue weighted by atomic mass is 9.93. The van der Waals surface area contributed by atoms with Gasteiger partial charge in [-0.3, -0.25) is 4.79 Å². The topological polar surface area (TPSA) is 91.6 Å². The second-order valence-electron chi connectivity index (χ2n) is 5.83. The van der Waals surface area contributed by atoms with Gasteiger partial charge in [0, 0.05) is 0 Å². The number of hydrogen-bond donors (Lipinski definition) is 3. The van der Waals surface area contributed by atoms with Gasteiger partial charge >= 0.3 is 12.0 Å². The zero-order valence-corrected chi connectivity index (χ0v) is 12.4. The first-order chi connectivity index (χ1) is 9.90. The Balaban J connectivity index is 1.95. The Kier molecular flexibility index (Phi) is 4.55. The zero-order chi connectivity index (χ0) is 15.5. The van der Waals surface area contributed by atoms with E-state index in [9.17, 15) is 9.59 Å². The van der Waals surface area contributed by atoms with E-state index in [0.29, 0.717) is 18.6 Å². The number of urea groups is 1. The van der Waals surface area contributed by atoms with Crippen molar-refractivity contribution < 1.29 is 19.1 Å². The van der Waals surface area contributed by atoms with Crippen LogP contribution in [0, 0.1) is 6.92 Å². The van der Waals surface area contributed by atoms with Crippen molar-refractivity contribution in [2.24, 2.45) is 0 Å². The van der Waals surface area contributed by atoms with Gasteiger partial charge in [0.25, 0.3) is 0 Å². The molecule has 6 heteroatoms. The highest BCUT2D eigenvalue weighted by molar-refractivity contribution is 5.77. The first-order valence-corrected chi connectivity index (χ1v) is 7.27. The van der Waals surface area contributed by atoms with Gasteiger partial charge in [0.15, 0.2) is 0 Å². The minimum Gasteiger partial charge on any atom is -0.481 e. The molecule has 1 fully saturated rings. The maximum atomic E-state index is 12.1. The molecular formula is C15H22N2O4. The van der Waals surface area contributed by atoms with E-state index in [2.05, 4.69) is 10.6 Å². The molecule has 0 spiro atoms. The molecule has 3 N–H and O–H groups in total. The summed E-state index contributed by atoms with van der Waals surface area (Å²) in [4.78, 5) is 23.1. The standard InChI is InChI=1S/C15H22N2O4/c1-10-5-6-12(21-10)11(2)16-14(20)17-15(9-13(18)19)7-3-4-8-15/h5-6,11H,3-4,7-9H2,1-2H3,(H,18,19)(H2,16,17,20). The van der Waals surface area contributed by atoms with E-state index in [4.69, 9.17) is 9.52 Å². The number of furan rings is 1. The second kappa shape index (κ2) is 6.20. The minimum absolute atomic E-state index is 0.0331. The van der Waals surface area contributed by atoms with E-state index in [1.54, 1.807) is 0 Å². The highest BCUT2D eigenvalue weighted by Crippen LogP contribution is 2.32. The van der Waals surface area contributed by atoms with Crippen LogP contribution >= 0.6 is 0 Å². The zero-order valence-electron chi connectivity index (χ0n) is 12.4. The van der Waals surface area contributed by atoms with E-state index in [0.717, 1.165) is 18.6 Å². The van der Waals surface area contributed by atoms with Crippen LogP contribution in [-0.4, -0.2) is 22.6 Å². The molecule has 0 bridgehead atoms. The third-order valence-electron chi connectivity index (χ3n) is 3.96. The number of aryl methyl sites for hydroxylation is 1. The van der Waals surface area contributed by atoms with Gasteiger partial charge in [-0.15, -0.1) is 0 Å². The molecule has 0 aliphatic heterocycles. The molecule has 0 aromatic carbocycles. The number of rotatable bonds is 5. The van der Waals surface area contributed by atoms with Crippen LogP contribution in [0.15, 0.2) is 16.5 Å². The number of carboxylic acid groups (broad SMARTS) is 1. The normalized spacial score (nSPS) is 18.2. The van der Waals surface area contributed by atoms with Gasteiger partial charge in [0.2, 0.25) is 0 Å². The molecule has 1 aromatic rings. The lowest BCUT2D eigenvalue weighted by Crippen LogP contribution is -2.52. The van der Waals surface area contributed by atoms with E-state index in [1.165, 1.54) is 0 Å². The van der Waals surface area contributed by atoms with Crippen LogP contribution in [0.5, 0.6) is 0 Å². The summed E-state index contributed by atoms with van der Waals surface area (Å²) < 4.78 is 5.47. The van der Waals surface area contributed by atoms with E-state index < -0.39 is 11.5 Å². The van der Waals surface area contributed by atoms with Gasteiger partial charge in [-0.05, 0) is 38.8 Å². The molecule has 21 heavy (non-hydrogen) atoms. The smallest absolute Gasteiger partial charge is 0.315 e. The van der Waals surface area contributed by atoms with Crippen molar-refractivity contribution in [3.8, 4) is 0 Å². The molecule has 1 unspecified atom stereocenters. The Bertz CT molecular complexity index is 517. The van der Waals surface area contributed by atoms with Gasteiger partial charge < -0.3 is 20.2 Å².